The first kappa shape index (κ1) is 16.0. The summed E-state index contributed by atoms with van der Waals surface area (Å²) in [6.45, 7) is 3.04. The van der Waals surface area contributed by atoms with Gasteiger partial charge in [0.1, 0.15) is 5.65 Å². The molecule has 0 bridgehead atoms. The molecule has 2 aromatic heterocycles. The van der Waals surface area contributed by atoms with Crippen LogP contribution in [0, 0.1) is 10.1 Å². The zero-order valence-electron chi connectivity index (χ0n) is 14.0. The number of fused-ring (bicyclic) bond motifs is 1. The topological polar surface area (TPSA) is 84.0 Å². The van der Waals surface area contributed by atoms with E-state index in [4.69, 9.17) is 0 Å². The third kappa shape index (κ3) is 2.86. The van der Waals surface area contributed by atoms with Crippen LogP contribution in [0.3, 0.4) is 0 Å². The van der Waals surface area contributed by atoms with Gasteiger partial charge in [0.15, 0.2) is 0 Å². The highest BCUT2D eigenvalue weighted by atomic mass is 16.6. The van der Waals surface area contributed by atoms with Crippen molar-refractivity contribution in [1.29, 1.82) is 0 Å². The molecule has 132 valence electrons. The van der Waals surface area contributed by atoms with E-state index >= 15 is 0 Å². The number of nitrogens with zero attached hydrogens (tertiary/aromatic N) is 5. The Hall–Kier alpha value is -2.48. The molecule has 1 aliphatic heterocycles. The predicted octanol–water partition coefficient (Wildman–Crippen LogP) is 1.67. The Balaban J connectivity index is 1.66. The maximum Gasteiger partial charge on any atom is 0.376 e. The zero-order chi connectivity index (χ0) is 17.4. The van der Waals surface area contributed by atoms with E-state index < -0.39 is 16.2 Å². The lowest BCUT2D eigenvalue weighted by Gasteiger charge is -2.38. The number of rotatable bonds is 3. The van der Waals surface area contributed by atoms with Crippen LogP contribution in [0.25, 0.3) is 5.65 Å². The van der Waals surface area contributed by atoms with Crippen molar-refractivity contribution in [2.75, 3.05) is 31.1 Å². The fraction of sp³-hybridized carbons (Fsp3) is 0.529. The summed E-state index contributed by atoms with van der Waals surface area (Å²) >= 11 is 0. The molecule has 0 amide bonds. The van der Waals surface area contributed by atoms with Gasteiger partial charge in [0.05, 0.1) is 4.92 Å². The molecule has 0 N–H and O–H groups in total. The van der Waals surface area contributed by atoms with Crippen molar-refractivity contribution in [2.45, 2.75) is 31.7 Å². The van der Waals surface area contributed by atoms with Gasteiger partial charge in [-0.1, -0.05) is 18.9 Å². The van der Waals surface area contributed by atoms with Crippen LogP contribution >= 0.6 is 0 Å². The van der Waals surface area contributed by atoms with Crippen molar-refractivity contribution in [3.8, 4) is 0 Å². The molecular weight excluding hydrogens is 322 g/mol. The molecule has 4 rings (SSSR count). The van der Waals surface area contributed by atoms with Gasteiger partial charge in [0.2, 0.25) is 5.82 Å². The molecule has 0 aromatic carbocycles. The molecule has 0 unspecified atom stereocenters. The molecule has 0 atom stereocenters. The van der Waals surface area contributed by atoms with Crippen LogP contribution in [0.5, 0.6) is 0 Å². The highest BCUT2D eigenvalue weighted by Gasteiger charge is 2.32. The molecule has 25 heavy (non-hydrogen) atoms. The number of aromatic nitrogens is 2. The normalized spacial score (nSPS) is 19.6. The number of hydrogen-bond donors (Lipinski definition) is 0. The Morgan fingerprint density at radius 2 is 1.84 bits per heavy atom. The largest absolute Gasteiger partial charge is 0.376 e. The minimum absolute atomic E-state index is 0.201. The van der Waals surface area contributed by atoms with E-state index in [2.05, 4.69) is 9.88 Å². The van der Waals surface area contributed by atoms with E-state index in [1.807, 2.05) is 4.90 Å². The molecule has 3 heterocycles. The van der Waals surface area contributed by atoms with E-state index in [1.165, 1.54) is 36.3 Å². The highest BCUT2D eigenvalue weighted by molar-refractivity contribution is 5.61. The van der Waals surface area contributed by atoms with Gasteiger partial charge in [-0.3, -0.25) is 24.2 Å². The van der Waals surface area contributed by atoms with Crippen LogP contribution in [0.1, 0.15) is 25.7 Å². The van der Waals surface area contributed by atoms with Crippen LogP contribution in [0.2, 0.25) is 0 Å². The molecule has 1 saturated carbocycles. The van der Waals surface area contributed by atoms with Gasteiger partial charge in [-0.25, -0.2) is 4.98 Å². The van der Waals surface area contributed by atoms with Crippen LogP contribution in [-0.2, 0) is 0 Å². The van der Waals surface area contributed by atoms with Crippen molar-refractivity contribution in [3.63, 3.8) is 0 Å². The van der Waals surface area contributed by atoms with Gasteiger partial charge in [0, 0.05) is 38.4 Å². The maximum absolute atomic E-state index is 12.6. The summed E-state index contributed by atoms with van der Waals surface area (Å²) < 4.78 is 1.23. The summed E-state index contributed by atoms with van der Waals surface area (Å²) in [6, 6.07) is 5.78. The van der Waals surface area contributed by atoms with Crippen LogP contribution in [0.15, 0.2) is 29.2 Å². The first-order valence-electron chi connectivity index (χ1n) is 8.80. The monoisotopic (exact) mass is 343 g/mol. The lowest BCUT2D eigenvalue weighted by Crippen LogP contribution is -2.50. The second-order valence-electron chi connectivity index (χ2n) is 6.74. The van der Waals surface area contributed by atoms with Crippen molar-refractivity contribution in [3.05, 3.63) is 44.9 Å². The van der Waals surface area contributed by atoms with E-state index in [0.717, 1.165) is 13.1 Å². The molecule has 1 saturated heterocycles. The number of anilines is 1. The molecule has 2 aliphatic rings. The van der Waals surface area contributed by atoms with Crippen molar-refractivity contribution >= 4 is 17.2 Å². The van der Waals surface area contributed by atoms with Gasteiger partial charge in [-0.05, 0) is 25.0 Å². The average Bonchev–Trinajstić information content (AvgIpc) is 3.16. The number of hydrogen-bond acceptors (Lipinski definition) is 6. The molecule has 8 heteroatoms. The number of piperazine rings is 1. The number of nitro groups is 1. The minimum Gasteiger partial charge on any atom is -0.348 e. The molecular formula is C17H21N5O3. The van der Waals surface area contributed by atoms with Gasteiger partial charge in [-0.2, -0.15) is 0 Å². The van der Waals surface area contributed by atoms with Gasteiger partial charge >= 0.3 is 11.2 Å². The Labute approximate surface area is 144 Å². The summed E-state index contributed by atoms with van der Waals surface area (Å²) in [4.78, 5) is 32.3. The Kier molecular flexibility index (Phi) is 4.12. The quantitative estimate of drug-likeness (QED) is 0.623. The summed E-state index contributed by atoms with van der Waals surface area (Å²) in [5.41, 5.74) is -0.617. The van der Waals surface area contributed by atoms with Crippen LogP contribution in [-0.4, -0.2) is 51.4 Å². The van der Waals surface area contributed by atoms with E-state index in [0.29, 0.717) is 24.8 Å². The van der Waals surface area contributed by atoms with Crippen LogP contribution < -0.4 is 10.5 Å². The molecule has 0 radical (unpaired) electrons. The molecule has 1 aliphatic carbocycles. The van der Waals surface area contributed by atoms with E-state index in [9.17, 15) is 14.9 Å². The SMILES string of the molecule is O=c1c([N+](=O)[O-])c(N2CCN(C3CCCC3)CC2)nc2ccccn12. The minimum atomic E-state index is -0.621. The zero-order valence-corrected chi connectivity index (χ0v) is 14.0. The van der Waals surface area contributed by atoms with E-state index in [1.54, 1.807) is 18.2 Å². The fourth-order valence-electron chi connectivity index (χ4n) is 4.02. The summed E-state index contributed by atoms with van der Waals surface area (Å²) in [5.74, 6) is 0.201. The lowest BCUT2D eigenvalue weighted by molar-refractivity contribution is -0.385. The third-order valence-electron chi connectivity index (χ3n) is 5.33. The summed E-state index contributed by atoms with van der Waals surface area (Å²) in [6.07, 6.45) is 6.59. The van der Waals surface area contributed by atoms with Crippen molar-refractivity contribution < 1.29 is 4.92 Å². The Bertz CT molecular complexity index is 851. The number of pyridine rings is 1. The first-order valence-corrected chi connectivity index (χ1v) is 8.80. The Morgan fingerprint density at radius 3 is 2.52 bits per heavy atom. The summed E-state index contributed by atoms with van der Waals surface area (Å²) in [7, 11) is 0. The molecule has 0 spiro atoms. The maximum atomic E-state index is 12.6. The lowest BCUT2D eigenvalue weighted by atomic mass is 10.2. The van der Waals surface area contributed by atoms with Gasteiger partial charge in [0.25, 0.3) is 0 Å². The Morgan fingerprint density at radius 1 is 1.12 bits per heavy atom. The predicted molar refractivity (Wildman–Crippen MR) is 94.2 cm³/mol. The second kappa shape index (κ2) is 6.44. The first-order chi connectivity index (χ1) is 12.1. The smallest absolute Gasteiger partial charge is 0.348 e. The second-order valence-corrected chi connectivity index (χ2v) is 6.74. The standard InChI is InChI=1S/C17H21N5O3/c23-17-15(22(24)25)16(18-14-7-3-4-8-21(14)17)20-11-9-19(10-12-20)13-5-1-2-6-13/h3-4,7-8,13H,1-2,5-6,9-12H2. The van der Waals surface area contributed by atoms with Crippen molar-refractivity contribution in [2.24, 2.45) is 0 Å². The van der Waals surface area contributed by atoms with Gasteiger partial charge < -0.3 is 4.90 Å². The average molecular weight is 343 g/mol. The highest BCUT2D eigenvalue weighted by Crippen LogP contribution is 2.27. The summed E-state index contributed by atoms with van der Waals surface area (Å²) in [5, 5.41) is 11.5. The molecule has 2 aromatic rings. The fourth-order valence-corrected chi connectivity index (χ4v) is 4.02. The van der Waals surface area contributed by atoms with Crippen LogP contribution in [0.4, 0.5) is 11.5 Å². The molecule has 8 nitrogen and oxygen atoms in total. The third-order valence-corrected chi connectivity index (χ3v) is 5.33. The van der Waals surface area contributed by atoms with E-state index in [-0.39, 0.29) is 5.82 Å². The van der Waals surface area contributed by atoms with Crippen molar-refractivity contribution in [1.82, 2.24) is 14.3 Å². The molecule has 2 fully saturated rings. The van der Waals surface area contributed by atoms with Gasteiger partial charge in [-0.15, -0.1) is 0 Å².